The molecule has 0 bridgehead atoms. The molecule has 9 heteroatoms. The Morgan fingerprint density at radius 3 is 2.38 bits per heavy atom. The van der Waals surface area contributed by atoms with E-state index in [1.165, 1.54) is 12.4 Å². The number of aryl methyl sites for hydroxylation is 1. The van der Waals surface area contributed by atoms with E-state index in [2.05, 4.69) is 10.1 Å². The predicted octanol–water partition coefficient (Wildman–Crippen LogP) is 2.25. The van der Waals surface area contributed by atoms with Gasteiger partial charge in [-0.1, -0.05) is 35.5 Å². The highest BCUT2D eigenvalue weighted by molar-refractivity contribution is 7.92. The molecule has 1 amide bonds. The third-order valence-electron chi connectivity index (χ3n) is 5.21. The second-order valence-electron chi connectivity index (χ2n) is 7.38. The standard InChI is InChI=1S/C20H23N3O5S/c1-13-4-5-16(12-21-13)14-6-8-15(9-7-14)18-10-17(28-23-18)11-20(2,19(24)22-25)29(3,26)27/h4-9,12,17,25H,10-11H2,1-3H3,(H,22,24). The zero-order valence-electron chi connectivity index (χ0n) is 16.4. The highest BCUT2D eigenvalue weighted by atomic mass is 32.2. The van der Waals surface area contributed by atoms with Crippen LogP contribution in [0.1, 0.15) is 31.0 Å². The number of oxime groups is 1. The van der Waals surface area contributed by atoms with Gasteiger partial charge < -0.3 is 4.84 Å². The highest BCUT2D eigenvalue weighted by Crippen LogP contribution is 2.30. The van der Waals surface area contributed by atoms with Gasteiger partial charge >= 0.3 is 0 Å². The lowest BCUT2D eigenvalue weighted by atomic mass is 9.96. The molecule has 154 valence electrons. The summed E-state index contributed by atoms with van der Waals surface area (Å²) in [6, 6.07) is 11.7. The Hall–Kier alpha value is -2.78. The van der Waals surface area contributed by atoms with Crippen molar-refractivity contribution in [3.05, 3.63) is 53.9 Å². The van der Waals surface area contributed by atoms with E-state index in [9.17, 15) is 13.2 Å². The van der Waals surface area contributed by atoms with Crippen molar-refractivity contribution in [2.45, 2.75) is 37.5 Å². The van der Waals surface area contributed by atoms with Gasteiger partial charge in [0.15, 0.2) is 14.6 Å². The smallest absolute Gasteiger partial charge is 0.264 e. The second-order valence-corrected chi connectivity index (χ2v) is 9.83. The number of sulfone groups is 1. The summed E-state index contributed by atoms with van der Waals surface area (Å²) in [6.07, 6.45) is 2.41. The maximum atomic E-state index is 12.1. The van der Waals surface area contributed by atoms with Crippen molar-refractivity contribution in [3.8, 4) is 11.1 Å². The fourth-order valence-electron chi connectivity index (χ4n) is 3.17. The average Bonchev–Trinajstić information content (AvgIpc) is 3.15. The van der Waals surface area contributed by atoms with E-state index >= 15 is 0 Å². The van der Waals surface area contributed by atoms with Crippen LogP contribution in [0.25, 0.3) is 11.1 Å². The molecule has 0 fully saturated rings. The van der Waals surface area contributed by atoms with Crippen molar-refractivity contribution < 1.29 is 23.3 Å². The van der Waals surface area contributed by atoms with E-state index in [1.54, 1.807) is 0 Å². The third-order valence-corrected chi connectivity index (χ3v) is 7.20. The summed E-state index contributed by atoms with van der Waals surface area (Å²) in [5, 5.41) is 13.0. The molecular formula is C20H23N3O5S. The van der Waals surface area contributed by atoms with Crippen LogP contribution in [-0.4, -0.2) is 47.3 Å². The number of carbonyl (C=O) groups excluding carboxylic acids is 1. The quantitative estimate of drug-likeness (QED) is 0.550. The first kappa shape index (κ1) is 20.9. The first-order valence-electron chi connectivity index (χ1n) is 9.04. The normalized spacial score (nSPS) is 18.5. The summed E-state index contributed by atoms with van der Waals surface area (Å²) in [7, 11) is -3.79. The van der Waals surface area contributed by atoms with Crippen LogP contribution in [0, 0.1) is 6.92 Å². The molecule has 0 saturated carbocycles. The van der Waals surface area contributed by atoms with E-state index in [-0.39, 0.29) is 6.42 Å². The summed E-state index contributed by atoms with van der Waals surface area (Å²) in [4.78, 5) is 21.7. The molecule has 1 aliphatic heterocycles. The SMILES string of the molecule is Cc1ccc(-c2ccc(C3=NOC(CC(C)(C(=O)NO)S(C)(=O)=O)C3)cc2)cn1. The largest absolute Gasteiger partial charge is 0.392 e. The lowest BCUT2D eigenvalue weighted by Crippen LogP contribution is -2.51. The number of hydrogen-bond acceptors (Lipinski definition) is 7. The van der Waals surface area contributed by atoms with Crippen molar-refractivity contribution in [2.24, 2.45) is 5.16 Å². The Balaban J connectivity index is 1.72. The van der Waals surface area contributed by atoms with Gasteiger partial charge in [-0.05, 0) is 31.0 Å². The first-order chi connectivity index (χ1) is 13.6. The van der Waals surface area contributed by atoms with Crippen LogP contribution in [0.2, 0.25) is 0 Å². The minimum Gasteiger partial charge on any atom is -0.392 e. The number of hydroxylamine groups is 1. The van der Waals surface area contributed by atoms with Gasteiger partial charge in [0.05, 0.1) is 5.71 Å². The molecule has 0 saturated heterocycles. The molecule has 1 aromatic carbocycles. The van der Waals surface area contributed by atoms with Crippen molar-refractivity contribution in [1.82, 2.24) is 10.5 Å². The van der Waals surface area contributed by atoms with Gasteiger partial charge in [-0.2, -0.15) is 0 Å². The molecule has 2 unspecified atom stereocenters. The number of nitrogens with one attached hydrogen (secondary N) is 1. The highest BCUT2D eigenvalue weighted by Gasteiger charge is 2.47. The molecule has 1 aliphatic rings. The molecule has 0 aliphatic carbocycles. The molecule has 2 heterocycles. The lowest BCUT2D eigenvalue weighted by Gasteiger charge is -2.26. The lowest BCUT2D eigenvalue weighted by molar-refractivity contribution is -0.132. The summed E-state index contributed by atoms with van der Waals surface area (Å²) >= 11 is 0. The topological polar surface area (TPSA) is 118 Å². The number of nitrogens with zero attached hydrogens (tertiary/aromatic N) is 2. The summed E-state index contributed by atoms with van der Waals surface area (Å²) in [5.74, 6) is -0.992. The van der Waals surface area contributed by atoms with Crippen molar-refractivity contribution in [3.63, 3.8) is 0 Å². The van der Waals surface area contributed by atoms with Gasteiger partial charge in [-0.3, -0.25) is 15.0 Å². The Labute approximate surface area is 169 Å². The van der Waals surface area contributed by atoms with E-state index in [1.807, 2.05) is 49.5 Å². The van der Waals surface area contributed by atoms with Crippen LogP contribution in [0.4, 0.5) is 0 Å². The van der Waals surface area contributed by atoms with E-state index in [0.29, 0.717) is 12.1 Å². The third kappa shape index (κ3) is 4.30. The molecule has 0 spiro atoms. The fraction of sp³-hybridized carbons (Fsp3) is 0.350. The van der Waals surface area contributed by atoms with E-state index in [0.717, 1.165) is 28.6 Å². The van der Waals surface area contributed by atoms with Crippen LogP contribution in [0.3, 0.4) is 0 Å². The second kappa shape index (κ2) is 7.92. The Bertz CT molecular complexity index is 1030. The maximum absolute atomic E-state index is 12.1. The van der Waals surface area contributed by atoms with Crippen LogP contribution in [0.5, 0.6) is 0 Å². The molecule has 0 radical (unpaired) electrons. The van der Waals surface area contributed by atoms with Gasteiger partial charge in [0, 0.05) is 36.6 Å². The van der Waals surface area contributed by atoms with Gasteiger partial charge in [-0.15, -0.1) is 0 Å². The first-order valence-corrected chi connectivity index (χ1v) is 10.9. The number of hydrogen-bond donors (Lipinski definition) is 2. The van der Waals surface area contributed by atoms with E-state index in [4.69, 9.17) is 10.0 Å². The van der Waals surface area contributed by atoms with E-state index < -0.39 is 26.6 Å². The summed E-state index contributed by atoms with van der Waals surface area (Å²) in [6.45, 7) is 3.19. The monoisotopic (exact) mass is 417 g/mol. The molecular weight excluding hydrogens is 394 g/mol. The van der Waals surface area contributed by atoms with Gasteiger partial charge in [-0.25, -0.2) is 13.9 Å². The van der Waals surface area contributed by atoms with Gasteiger partial charge in [0.2, 0.25) is 0 Å². The van der Waals surface area contributed by atoms with Crippen LogP contribution < -0.4 is 5.48 Å². The van der Waals surface area contributed by atoms with Gasteiger partial charge in [0.1, 0.15) is 6.10 Å². The van der Waals surface area contributed by atoms with Crippen molar-refractivity contribution in [2.75, 3.05) is 6.26 Å². The maximum Gasteiger partial charge on any atom is 0.264 e. The minimum absolute atomic E-state index is 0.127. The molecule has 8 nitrogen and oxygen atoms in total. The zero-order valence-corrected chi connectivity index (χ0v) is 17.2. The Morgan fingerprint density at radius 1 is 1.21 bits per heavy atom. The molecule has 2 N–H and O–H groups in total. The van der Waals surface area contributed by atoms with Crippen LogP contribution in [-0.2, 0) is 19.5 Å². The summed E-state index contributed by atoms with van der Waals surface area (Å²) in [5.41, 5.74) is 5.93. The van der Waals surface area contributed by atoms with Crippen LogP contribution >= 0.6 is 0 Å². The van der Waals surface area contributed by atoms with Gasteiger partial charge in [0.25, 0.3) is 5.91 Å². The molecule has 3 rings (SSSR count). The number of benzene rings is 1. The number of rotatable bonds is 6. The molecule has 2 atom stereocenters. The van der Waals surface area contributed by atoms with Crippen LogP contribution in [0.15, 0.2) is 47.8 Å². The molecule has 2 aromatic rings. The Kier molecular flexibility index (Phi) is 5.72. The zero-order chi connectivity index (χ0) is 21.2. The number of carbonyl (C=O) groups is 1. The predicted molar refractivity (Wildman–Crippen MR) is 108 cm³/mol. The summed E-state index contributed by atoms with van der Waals surface area (Å²) < 4.78 is 22.4. The number of aromatic nitrogens is 1. The average molecular weight is 417 g/mol. The van der Waals surface area contributed by atoms with Crippen molar-refractivity contribution in [1.29, 1.82) is 0 Å². The number of pyridine rings is 1. The number of amides is 1. The Morgan fingerprint density at radius 2 is 1.83 bits per heavy atom. The molecule has 1 aromatic heterocycles. The fourth-order valence-corrected chi connectivity index (χ4v) is 4.04. The van der Waals surface area contributed by atoms with Crippen molar-refractivity contribution >= 4 is 21.5 Å². The minimum atomic E-state index is -3.79. The molecule has 29 heavy (non-hydrogen) atoms.